The Bertz CT molecular complexity index is 747. The van der Waals surface area contributed by atoms with E-state index in [1.807, 2.05) is 0 Å². The zero-order valence-electron chi connectivity index (χ0n) is 13.1. The molecule has 4 rings (SSSR count). The minimum atomic E-state index is 0.455. The molecule has 22 heavy (non-hydrogen) atoms. The van der Waals surface area contributed by atoms with Gasteiger partial charge in [-0.1, -0.05) is 42.5 Å². The largest absolute Gasteiger partial charge is 0.496 e. The molecule has 2 aliphatic carbocycles. The van der Waals surface area contributed by atoms with Crippen LogP contribution in [0.5, 0.6) is 5.75 Å². The van der Waals surface area contributed by atoms with E-state index in [1.54, 1.807) is 7.11 Å². The van der Waals surface area contributed by atoms with Gasteiger partial charge in [0.2, 0.25) is 0 Å². The molecular formula is C20H21NO. The molecule has 2 atom stereocenters. The second-order valence-electron chi connectivity index (χ2n) is 6.11. The van der Waals surface area contributed by atoms with E-state index >= 15 is 0 Å². The molecule has 0 amide bonds. The lowest BCUT2D eigenvalue weighted by Crippen LogP contribution is -2.13. The first kappa shape index (κ1) is 13.6. The molecular weight excluding hydrogens is 270 g/mol. The number of rotatable bonds is 3. The van der Waals surface area contributed by atoms with Gasteiger partial charge in [-0.05, 0) is 48.2 Å². The number of hydrogen-bond donors (Lipinski definition) is 1. The van der Waals surface area contributed by atoms with E-state index in [4.69, 9.17) is 4.74 Å². The predicted octanol–water partition coefficient (Wildman–Crippen LogP) is 4.08. The molecule has 2 aliphatic rings. The van der Waals surface area contributed by atoms with Crippen LogP contribution >= 0.6 is 0 Å². The number of allylic oxidation sites excluding steroid dienone is 2. The monoisotopic (exact) mass is 291 g/mol. The first-order valence-corrected chi connectivity index (χ1v) is 7.96. The minimum absolute atomic E-state index is 0.455. The van der Waals surface area contributed by atoms with Crippen LogP contribution in [0.25, 0.3) is 5.57 Å². The van der Waals surface area contributed by atoms with Gasteiger partial charge in [0.15, 0.2) is 0 Å². The highest BCUT2D eigenvalue weighted by Gasteiger charge is 2.34. The van der Waals surface area contributed by atoms with Crippen molar-refractivity contribution in [1.82, 2.24) is 5.32 Å². The van der Waals surface area contributed by atoms with E-state index in [9.17, 15) is 0 Å². The van der Waals surface area contributed by atoms with Gasteiger partial charge in [-0.3, -0.25) is 0 Å². The number of benzene rings is 2. The van der Waals surface area contributed by atoms with Crippen molar-refractivity contribution in [3.63, 3.8) is 0 Å². The maximum absolute atomic E-state index is 5.53. The fraction of sp³-hybridized carbons (Fsp3) is 0.300. The molecule has 2 aromatic carbocycles. The highest BCUT2D eigenvalue weighted by atomic mass is 16.5. The quantitative estimate of drug-likeness (QED) is 0.920. The van der Waals surface area contributed by atoms with Crippen molar-refractivity contribution in [1.29, 1.82) is 0 Å². The third kappa shape index (κ3) is 1.91. The molecule has 0 aromatic heterocycles. The number of hydrogen-bond acceptors (Lipinski definition) is 2. The van der Waals surface area contributed by atoms with E-state index in [0.717, 1.165) is 18.6 Å². The summed E-state index contributed by atoms with van der Waals surface area (Å²) >= 11 is 0. The van der Waals surface area contributed by atoms with Gasteiger partial charge in [-0.2, -0.15) is 0 Å². The number of fused-ring (bicyclic) bond motifs is 2. The topological polar surface area (TPSA) is 21.3 Å². The Balaban J connectivity index is 1.77. The maximum atomic E-state index is 5.53. The third-order valence-corrected chi connectivity index (χ3v) is 5.13. The van der Waals surface area contributed by atoms with Gasteiger partial charge in [0.05, 0.1) is 7.11 Å². The summed E-state index contributed by atoms with van der Waals surface area (Å²) in [5.41, 5.74) is 7.11. The number of ether oxygens (including phenoxy) is 1. The fourth-order valence-corrected chi connectivity index (χ4v) is 4.09. The molecule has 0 radical (unpaired) electrons. The molecule has 112 valence electrons. The lowest BCUT2D eigenvalue weighted by Gasteiger charge is -2.16. The van der Waals surface area contributed by atoms with E-state index in [2.05, 4.69) is 60.9 Å². The van der Waals surface area contributed by atoms with Crippen molar-refractivity contribution in [2.24, 2.45) is 0 Å². The van der Waals surface area contributed by atoms with Crippen molar-refractivity contribution >= 4 is 5.57 Å². The third-order valence-electron chi connectivity index (χ3n) is 5.13. The Morgan fingerprint density at radius 1 is 1.05 bits per heavy atom. The summed E-state index contributed by atoms with van der Waals surface area (Å²) in [6, 6.07) is 15.7. The second kappa shape index (κ2) is 5.29. The lowest BCUT2D eigenvalue weighted by molar-refractivity contribution is 0.411. The summed E-state index contributed by atoms with van der Waals surface area (Å²) in [7, 11) is 3.82. The summed E-state index contributed by atoms with van der Waals surface area (Å²) in [5.74, 6) is 1.50. The highest BCUT2D eigenvalue weighted by Crippen LogP contribution is 2.50. The van der Waals surface area contributed by atoms with Crippen molar-refractivity contribution in [3.8, 4) is 5.75 Å². The van der Waals surface area contributed by atoms with Gasteiger partial charge in [-0.15, -0.1) is 0 Å². The van der Waals surface area contributed by atoms with Crippen LogP contribution in [0.4, 0.5) is 0 Å². The van der Waals surface area contributed by atoms with Crippen LogP contribution in [0.15, 0.2) is 48.5 Å². The molecule has 0 bridgehead atoms. The van der Waals surface area contributed by atoms with Gasteiger partial charge >= 0.3 is 0 Å². The van der Waals surface area contributed by atoms with Crippen molar-refractivity contribution in [2.75, 3.05) is 14.2 Å². The molecule has 0 aliphatic heterocycles. The summed E-state index contributed by atoms with van der Waals surface area (Å²) in [6.45, 7) is 0. The zero-order chi connectivity index (χ0) is 15.1. The van der Waals surface area contributed by atoms with Crippen LogP contribution in [0, 0.1) is 0 Å². The molecule has 2 heteroatoms. The summed E-state index contributed by atoms with van der Waals surface area (Å²) in [4.78, 5) is 0. The van der Waals surface area contributed by atoms with Crippen LogP contribution in [0.2, 0.25) is 0 Å². The first-order chi connectivity index (χ1) is 10.8. The maximum Gasteiger partial charge on any atom is 0.122 e. The normalized spacial score (nSPS) is 22.2. The van der Waals surface area contributed by atoms with Crippen LogP contribution in [0.1, 0.15) is 40.6 Å². The first-order valence-electron chi connectivity index (χ1n) is 7.96. The van der Waals surface area contributed by atoms with E-state index < -0.39 is 0 Å². The van der Waals surface area contributed by atoms with Gasteiger partial charge in [-0.25, -0.2) is 0 Å². The van der Waals surface area contributed by atoms with Crippen LogP contribution in [0.3, 0.4) is 0 Å². The molecule has 1 N–H and O–H groups in total. The van der Waals surface area contributed by atoms with Crippen LogP contribution < -0.4 is 10.1 Å². The molecule has 0 spiro atoms. The Morgan fingerprint density at radius 2 is 1.86 bits per heavy atom. The minimum Gasteiger partial charge on any atom is -0.496 e. The van der Waals surface area contributed by atoms with Gasteiger partial charge in [0.25, 0.3) is 0 Å². The standard InChI is InChI=1S/C20H21NO/c1-21-19-12-18(14-6-3-4-7-16(14)19)15-10-11-17-13(15)8-5-9-20(17)22-2/h3-10,18-19,21H,11-12H2,1-2H3. The highest BCUT2D eigenvalue weighted by molar-refractivity contribution is 5.80. The average Bonchev–Trinajstić information content (AvgIpc) is 3.15. The van der Waals surface area contributed by atoms with Gasteiger partial charge in [0.1, 0.15) is 5.75 Å². The molecule has 0 fully saturated rings. The average molecular weight is 291 g/mol. The van der Waals surface area contributed by atoms with Crippen molar-refractivity contribution in [3.05, 3.63) is 70.8 Å². The van der Waals surface area contributed by atoms with Crippen molar-refractivity contribution in [2.45, 2.75) is 24.8 Å². The van der Waals surface area contributed by atoms with E-state index in [-0.39, 0.29) is 0 Å². The Kier molecular flexibility index (Phi) is 3.27. The van der Waals surface area contributed by atoms with Gasteiger partial charge in [0, 0.05) is 17.5 Å². The summed E-state index contributed by atoms with van der Waals surface area (Å²) in [6.07, 6.45) is 4.52. The lowest BCUT2D eigenvalue weighted by atomic mass is 9.89. The molecule has 0 heterocycles. The molecule has 2 unspecified atom stereocenters. The van der Waals surface area contributed by atoms with Gasteiger partial charge < -0.3 is 10.1 Å². The molecule has 2 aromatic rings. The Labute approximate surface area is 131 Å². The number of nitrogens with one attached hydrogen (secondary N) is 1. The van der Waals surface area contributed by atoms with Crippen molar-refractivity contribution < 1.29 is 4.74 Å². The Hall–Kier alpha value is -2.06. The second-order valence-corrected chi connectivity index (χ2v) is 6.11. The summed E-state index contributed by atoms with van der Waals surface area (Å²) in [5, 5.41) is 3.47. The number of methoxy groups -OCH3 is 1. The van der Waals surface area contributed by atoms with E-state index in [0.29, 0.717) is 12.0 Å². The summed E-state index contributed by atoms with van der Waals surface area (Å²) < 4.78 is 5.53. The zero-order valence-corrected chi connectivity index (χ0v) is 13.1. The molecule has 2 nitrogen and oxygen atoms in total. The predicted molar refractivity (Wildman–Crippen MR) is 90.3 cm³/mol. The molecule has 0 saturated heterocycles. The SMILES string of the molecule is CNC1CC(C2=CCc3c(OC)cccc32)c2ccccc21. The van der Waals surface area contributed by atoms with E-state index in [1.165, 1.54) is 27.8 Å². The van der Waals surface area contributed by atoms with Crippen LogP contribution in [-0.4, -0.2) is 14.2 Å². The van der Waals surface area contributed by atoms with Crippen LogP contribution in [-0.2, 0) is 6.42 Å². The fourth-order valence-electron chi connectivity index (χ4n) is 4.09. The molecule has 0 saturated carbocycles. The smallest absolute Gasteiger partial charge is 0.122 e. The Morgan fingerprint density at radius 3 is 2.64 bits per heavy atom.